The summed E-state index contributed by atoms with van der Waals surface area (Å²) < 4.78 is 4.96. The number of nitrogens with one attached hydrogen (secondary N) is 2. The van der Waals surface area contributed by atoms with Crippen molar-refractivity contribution in [2.45, 2.75) is 32.2 Å². The fourth-order valence-electron chi connectivity index (χ4n) is 2.49. The van der Waals surface area contributed by atoms with Crippen LogP contribution in [0.15, 0.2) is 54.6 Å². The quantitative estimate of drug-likeness (QED) is 0.623. The minimum Gasteiger partial charge on any atom is -0.456 e. The Morgan fingerprint density at radius 2 is 1.64 bits per heavy atom. The molecule has 0 aliphatic heterocycles. The second kappa shape index (κ2) is 11.1. The highest BCUT2D eigenvalue weighted by molar-refractivity contribution is 6.33. The first-order valence-corrected chi connectivity index (χ1v) is 9.38. The third kappa shape index (κ3) is 7.40. The van der Waals surface area contributed by atoms with Gasteiger partial charge in [0.05, 0.1) is 16.8 Å². The van der Waals surface area contributed by atoms with Crippen LogP contribution in [-0.4, -0.2) is 24.4 Å². The molecule has 0 saturated heterocycles. The van der Waals surface area contributed by atoms with Gasteiger partial charge in [0.1, 0.15) is 0 Å². The molecule has 0 aromatic heterocycles. The highest BCUT2D eigenvalue weighted by atomic mass is 35.5. The van der Waals surface area contributed by atoms with E-state index in [1.54, 1.807) is 24.3 Å². The van der Waals surface area contributed by atoms with Crippen molar-refractivity contribution in [3.8, 4) is 0 Å². The molecule has 6 nitrogen and oxygen atoms in total. The number of benzene rings is 2. The van der Waals surface area contributed by atoms with Gasteiger partial charge in [-0.05, 0) is 31.0 Å². The molecule has 0 bridgehead atoms. The average molecular weight is 403 g/mol. The van der Waals surface area contributed by atoms with Crippen LogP contribution < -0.4 is 10.6 Å². The molecule has 2 N–H and O–H groups in total. The number of ether oxygens (including phenoxy) is 1. The van der Waals surface area contributed by atoms with Gasteiger partial charge in [-0.2, -0.15) is 0 Å². The lowest BCUT2D eigenvalue weighted by atomic mass is 10.1. The van der Waals surface area contributed by atoms with Crippen molar-refractivity contribution in [3.63, 3.8) is 0 Å². The number of hydrogen-bond donors (Lipinski definition) is 2. The highest BCUT2D eigenvalue weighted by Gasteiger charge is 2.12. The molecule has 0 fully saturated rings. The Hall–Kier alpha value is -2.86. The summed E-state index contributed by atoms with van der Waals surface area (Å²) in [5, 5.41) is 5.90. The van der Waals surface area contributed by atoms with Crippen LogP contribution in [-0.2, 0) is 19.1 Å². The summed E-state index contributed by atoms with van der Waals surface area (Å²) in [6, 6.07) is 16.2. The number of para-hydroxylation sites is 1. The fourth-order valence-corrected chi connectivity index (χ4v) is 2.68. The summed E-state index contributed by atoms with van der Waals surface area (Å²) in [5.41, 5.74) is 1.49. The number of esters is 1. The van der Waals surface area contributed by atoms with Crippen molar-refractivity contribution in [1.29, 1.82) is 0 Å². The standard InChI is InChI=1S/C21H23ClN2O4/c1-15(16-8-3-2-4-9-16)23-20(26)14-28-21(27)13-7-12-19(25)24-18-11-6-5-10-17(18)22/h2-6,8-11,15H,7,12-14H2,1H3,(H,23,26)(H,24,25)/t15-/m1/s1. The second-order valence-electron chi connectivity index (χ2n) is 6.24. The third-order valence-electron chi connectivity index (χ3n) is 3.97. The summed E-state index contributed by atoms with van der Waals surface area (Å²) in [7, 11) is 0. The Bertz CT molecular complexity index is 811. The first-order valence-electron chi connectivity index (χ1n) is 9.00. The largest absolute Gasteiger partial charge is 0.456 e. The molecule has 2 aromatic carbocycles. The van der Waals surface area contributed by atoms with Gasteiger partial charge in [-0.3, -0.25) is 14.4 Å². The van der Waals surface area contributed by atoms with Gasteiger partial charge in [0.15, 0.2) is 6.61 Å². The maximum absolute atomic E-state index is 11.9. The maximum Gasteiger partial charge on any atom is 0.306 e. The molecule has 0 saturated carbocycles. The predicted octanol–water partition coefficient (Wildman–Crippen LogP) is 3.87. The lowest BCUT2D eigenvalue weighted by Gasteiger charge is -2.14. The molecule has 1 atom stereocenters. The minimum absolute atomic E-state index is 0.0530. The number of hydrogen-bond acceptors (Lipinski definition) is 4. The van der Waals surface area contributed by atoms with Crippen LogP contribution in [0.2, 0.25) is 5.02 Å². The van der Waals surface area contributed by atoms with Crippen LogP contribution in [0.5, 0.6) is 0 Å². The van der Waals surface area contributed by atoms with Gasteiger partial charge in [0.25, 0.3) is 5.91 Å². The van der Waals surface area contributed by atoms with E-state index >= 15 is 0 Å². The number of rotatable bonds is 9. The van der Waals surface area contributed by atoms with Crippen LogP contribution in [0, 0.1) is 0 Å². The van der Waals surface area contributed by atoms with Crippen molar-refractivity contribution in [3.05, 3.63) is 65.2 Å². The molecule has 7 heteroatoms. The lowest BCUT2D eigenvalue weighted by Crippen LogP contribution is -2.31. The van der Waals surface area contributed by atoms with Gasteiger partial charge in [0.2, 0.25) is 5.91 Å². The van der Waals surface area contributed by atoms with E-state index in [9.17, 15) is 14.4 Å². The number of carbonyl (C=O) groups is 3. The molecule has 0 spiro atoms. The molecular weight excluding hydrogens is 380 g/mol. The summed E-state index contributed by atoms with van der Waals surface area (Å²) in [4.78, 5) is 35.5. The summed E-state index contributed by atoms with van der Waals surface area (Å²) in [6.07, 6.45) is 0.520. The summed E-state index contributed by atoms with van der Waals surface area (Å²) in [5.74, 6) is -1.13. The molecule has 0 aliphatic rings. The van der Waals surface area contributed by atoms with Crippen LogP contribution >= 0.6 is 11.6 Å². The summed E-state index contributed by atoms with van der Waals surface area (Å²) >= 11 is 5.97. The van der Waals surface area contributed by atoms with Gasteiger partial charge in [-0.25, -0.2) is 0 Å². The Labute approximate surface area is 169 Å². The zero-order valence-corrected chi connectivity index (χ0v) is 16.4. The molecule has 0 radical (unpaired) electrons. The average Bonchev–Trinajstić information content (AvgIpc) is 2.69. The summed E-state index contributed by atoms with van der Waals surface area (Å²) in [6.45, 7) is 1.51. The first kappa shape index (κ1) is 21.4. The molecule has 2 amide bonds. The highest BCUT2D eigenvalue weighted by Crippen LogP contribution is 2.20. The van der Waals surface area contributed by atoms with E-state index in [-0.39, 0.29) is 37.3 Å². The smallest absolute Gasteiger partial charge is 0.306 e. The van der Waals surface area contributed by atoms with Crippen LogP contribution in [0.25, 0.3) is 0 Å². The molecular formula is C21H23ClN2O4. The molecule has 0 aliphatic carbocycles. The van der Waals surface area contributed by atoms with Gasteiger partial charge in [-0.1, -0.05) is 54.1 Å². The third-order valence-corrected chi connectivity index (χ3v) is 4.30. The van der Waals surface area contributed by atoms with Crippen LogP contribution in [0.3, 0.4) is 0 Å². The van der Waals surface area contributed by atoms with Crippen molar-refractivity contribution in [2.24, 2.45) is 0 Å². The van der Waals surface area contributed by atoms with Crippen molar-refractivity contribution < 1.29 is 19.1 Å². The molecule has 0 unspecified atom stereocenters. The van der Waals surface area contributed by atoms with E-state index in [1.165, 1.54) is 0 Å². The molecule has 0 heterocycles. The fraction of sp³-hybridized carbons (Fsp3) is 0.286. The monoisotopic (exact) mass is 402 g/mol. The van der Waals surface area contributed by atoms with E-state index < -0.39 is 5.97 Å². The van der Waals surface area contributed by atoms with Crippen molar-refractivity contribution in [1.82, 2.24) is 5.32 Å². The number of halogens is 1. The SMILES string of the molecule is C[C@@H](NC(=O)COC(=O)CCCC(=O)Nc1ccccc1Cl)c1ccccc1. The number of anilines is 1. The van der Waals surface area contributed by atoms with Gasteiger partial charge >= 0.3 is 5.97 Å². The van der Waals surface area contributed by atoms with Gasteiger partial charge in [-0.15, -0.1) is 0 Å². The molecule has 28 heavy (non-hydrogen) atoms. The zero-order chi connectivity index (χ0) is 20.4. The van der Waals surface area contributed by atoms with E-state index in [0.29, 0.717) is 17.1 Å². The molecule has 2 rings (SSSR count). The van der Waals surface area contributed by atoms with Gasteiger partial charge in [0, 0.05) is 12.8 Å². The topological polar surface area (TPSA) is 84.5 Å². The molecule has 148 valence electrons. The van der Waals surface area contributed by atoms with Gasteiger partial charge < -0.3 is 15.4 Å². The normalized spacial score (nSPS) is 11.4. The second-order valence-corrected chi connectivity index (χ2v) is 6.65. The predicted molar refractivity (Wildman–Crippen MR) is 108 cm³/mol. The van der Waals surface area contributed by atoms with Crippen molar-refractivity contribution >= 4 is 35.1 Å². The number of amides is 2. The Morgan fingerprint density at radius 1 is 0.964 bits per heavy atom. The minimum atomic E-state index is -0.520. The maximum atomic E-state index is 11.9. The first-order chi connectivity index (χ1) is 13.5. The van der Waals surface area contributed by atoms with E-state index in [1.807, 2.05) is 37.3 Å². The van der Waals surface area contributed by atoms with Crippen LogP contribution in [0.4, 0.5) is 5.69 Å². The van der Waals surface area contributed by atoms with Crippen molar-refractivity contribution in [2.75, 3.05) is 11.9 Å². The van der Waals surface area contributed by atoms with Crippen LogP contribution in [0.1, 0.15) is 37.8 Å². The number of carbonyl (C=O) groups excluding carboxylic acids is 3. The lowest BCUT2D eigenvalue weighted by molar-refractivity contribution is -0.148. The van der Waals surface area contributed by atoms with E-state index in [4.69, 9.17) is 16.3 Å². The Morgan fingerprint density at radius 3 is 2.36 bits per heavy atom. The van der Waals surface area contributed by atoms with E-state index in [0.717, 1.165) is 5.56 Å². The zero-order valence-electron chi connectivity index (χ0n) is 15.6. The molecule has 2 aromatic rings. The Kier molecular flexibility index (Phi) is 8.49. The van der Waals surface area contributed by atoms with E-state index in [2.05, 4.69) is 10.6 Å². The Balaban J connectivity index is 1.62.